The predicted octanol–water partition coefficient (Wildman–Crippen LogP) is -0.640. The highest BCUT2D eigenvalue weighted by molar-refractivity contribution is 5.82. The Balaban J connectivity index is 2.29. The molecule has 0 spiro atoms. The number of aromatic amines is 1. The molecule has 0 bridgehead atoms. The molecule has 0 radical (unpaired) electrons. The Morgan fingerprint density at radius 3 is 2.71 bits per heavy atom. The molecule has 1 rings (SSSR count). The number of nitrogens with one attached hydrogen (secondary N) is 3. The zero-order valence-electron chi connectivity index (χ0n) is 11.5. The van der Waals surface area contributed by atoms with Gasteiger partial charge in [0.05, 0.1) is 6.33 Å². The van der Waals surface area contributed by atoms with Gasteiger partial charge in [-0.1, -0.05) is 0 Å². The number of hydrogen-bond acceptors (Lipinski definition) is 4. The number of aromatic nitrogens is 2. The lowest BCUT2D eigenvalue weighted by Gasteiger charge is -2.14. The number of urea groups is 1. The first-order valence-electron chi connectivity index (χ1n) is 6.51. The van der Waals surface area contributed by atoms with Crippen molar-refractivity contribution in [3.8, 4) is 0 Å². The van der Waals surface area contributed by atoms with Crippen molar-refractivity contribution >= 4 is 17.9 Å². The summed E-state index contributed by atoms with van der Waals surface area (Å²) in [5.74, 6) is -1.52. The number of carbonyl (C=O) groups excluding carboxylic acids is 2. The number of amides is 3. The molecular formula is C12H19N5O4. The second-order valence-electron chi connectivity index (χ2n) is 4.50. The van der Waals surface area contributed by atoms with Gasteiger partial charge >= 0.3 is 12.0 Å². The highest BCUT2D eigenvalue weighted by atomic mass is 16.4. The Morgan fingerprint density at radius 1 is 1.38 bits per heavy atom. The molecule has 9 nitrogen and oxygen atoms in total. The maximum absolute atomic E-state index is 11.6. The summed E-state index contributed by atoms with van der Waals surface area (Å²) in [4.78, 5) is 39.7. The van der Waals surface area contributed by atoms with Crippen molar-refractivity contribution in [2.45, 2.75) is 31.7 Å². The summed E-state index contributed by atoms with van der Waals surface area (Å²) >= 11 is 0. The second-order valence-corrected chi connectivity index (χ2v) is 4.50. The number of aliphatic carboxylic acids is 1. The van der Waals surface area contributed by atoms with E-state index in [1.807, 2.05) is 0 Å². The number of carboxylic acids is 1. The van der Waals surface area contributed by atoms with Crippen LogP contribution in [-0.4, -0.2) is 45.6 Å². The highest BCUT2D eigenvalue weighted by Crippen LogP contribution is 1.99. The quantitative estimate of drug-likeness (QED) is 0.384. The minimum absolute atomic E-state index is 0.116. The average Bonchev–Trinajstić information content (AvgIpc) is 2.90. The van der Waals surface area contributed by atoms with Crippen molar-refractivity contribution in [2.75, 3.05) is 6.54 Å². The molecule has 0 saturated carbocycles. The molecule has 0 fully saturated rings. The molecule has 0 aromatic carbocycles. The van der Waals surface area contributed by atoms with Gasteiger partial charge < -0.3 is 26.5 Å². The Labute approximate surface area is 121 Å². The topological polar surface area (TPSA) is 150 Å². The van der Waals surface area contributed by atoms with Crippen LogP contribution < -0.4 is 16.4 Å². The Morgan fingerprint density at radius 2 is 2.14 bits per heavy atom. The molecule has 1 heterocycles. The summed E-state index contributed by atoms with van der Waals surface area (Å²) in [6.07, 6.45) is 4.48. The van der Waals surface area contributed by atoms with E-state index in [1.54, 1.807) is 0 Å². The molecule has 6 N–H and O–H groups in total. The molecule has 0 aliphatic carbocycles. The van der Waals surface area contributed by atoms with Gasteiger partial charge in [0.2, 0.25) is 5.91 Å². The van der Waals surface area contributed by atoms with Crippen LogP contribution in [0.25, 0.3) is 0 Å². The molecule has 1 aromatic rings. The van der Waals surface area contributed by atoms with Gasteiger partial charge in [0.15, 0.2) is 0 Å². The van der Waals surface area contributed by atoms with Crippen LogP contribution in [0, 0.1) is 0 Å². The molecule has 116 valence electrons. The lowest BCUT2D eigenvalue weighted by Crippen LogP contribution is -2.47. The van der Waals surface area contributed by atoms with Crippen LogP contribution in [0.5, 0.6) is 0 Å². The van der Waals surface area contributed by atoms with Crippen molar-refractivity contribution in [1.82, 2.24) is 20.6 Å². The van der Waals surface area contributed by atoms with Gasteiger partial charge in [0.25, 0.3) is 0 Å². The summed E-state index contributed by atoms with van der Waals surface area (Å²) < 4.78 is 0. The third-order valence-corrected chi connectivity index (χ3v) is 2.72. The van der Waals surface area contributed by atoms with Crippen LogP contribution in [0.4, 0.5) is 4.79 Å². The minimum Gasteiger partial charge on any atom is -0.480 e. The zero-order valence-corrected chi connectivity index (χ0v) is 11.5. The first-order valence-corrected chi connectivity index (χ1v) is 6.51. The summed E-state index contributed by atoms with van der Waals surface area (Å²) in [5.41, 5.74) is 5.60. The van der Waals surface area contributed by atoms with Gasteiger partial charge in [0.1, 0.15) is 6.04 Å². The molecular weight excluding hydrogens is 278 g/mol. The molecule has 0 aliphatic rings. The normalized spacial score (nSPS) is 11.6. The fraction of sp³-hybridized carbons (Fsp3) is 0.500. The molecule has 3 amide bonds. The maximum atomic E-state index is 11.6. The van der Waals surface area contributed by atoms with Crippen LogP contribution in [0.3, 0.4) is 0 Å². The number of primary amides is 1. The van der Waals surface area contributed by atoms with Gasteiger partial charge in [0, 0.05) is 31.3 Å². The summed E-state index contributed by atoms with van der Waals surface area (Å²) in [6, 6.07) is -1.61. The smallest absolute Gasteiger partial charge is 0.326 e. The summed E-state index contributed by atoms with van der Waals surface area (Å²) in [7, 11) is 0. The van der Waals surface area contributed by atoms with Gasteiger partial charge in [-0.25, -0.2) is 14.6 Å². The number of nitrogens with zero attached hydrogens (tertiary/aromatic N) is 1. The molecule has 9 heteroatoms. The van der Waals surface area contributed by atoms with E-state index in [4.69, 9.17) is 10.8 Å². The number of hydrogen-bond donors (Lipinski definition) is 5. The van der Waals surface area contributed by atoms with Crippen molar-refractivity contribution in [2.24, 2.45) is 5.73 Å². The standard InChI is InChI=1S/C12H19N5O4/c13-10(18)3-1-2-4-15-12(21)17-9(11(19)20)5-8-6-14-7-16-8/h6-7,9H,1-5H2,(H2,13,18)(H,14,16)(H,19,20)(H2,15,17,21)/t9-/m0/s1. The average molecular weight is 297 g/mol. The number of H-pyrrole nitrogens is 1. The van der Waals surface area contributed by atoms with Gasteiger partial charge in [-0.3, -0.25) is 4.79 Å². The number of carboxylic acid groups (broad SMARTS) is 1. The Kier molecular flexibility index (Phi) is 6.72. The van der Waals surface area contributed by atoms with Crippen molar-refractivity contribution in [3.63, 3.8) is 0 Å². The molecule has 0 saturated heterocycles. The van der Waals surface area contributed by atoms with E-state index in [-0.39, 0.29) is 18.7 Å². The van der Waals surface area contributed by atoms with E-state index in [2.05, 4.69) is 20.6 Å². The van der Waals surface area contributed by atoms with Gasteiger partial charge in [-0.05, 0) is 12.8 Å². The molecule has 0 unspecified atom stereocenters. The number of nitrogens with two attached hydrogens (primary N) is 1. The number of unbranched alkanes of at least 4 members (excludes halogenated alkanes) is 1. The van der Waals surface area contributed by atoms with E-state index in [1.165, 1.54) is 12.5 Å². The zero-order chi connectivity index (χ0) is 15.7. The molecule has 0 aliphatic heterocycles. The fourth-order valence-corrected chi connectivity index (χ4v) is 1.65. The number of rotatable bonds is 9. The first-order chi connectivity index (χ1) is 9.99. The third kappa shape index (κ3) is 6.95. The Bertz CT molecular complexity index is 474. The van der Waals surface area contributed by atoms with Crippen molar-refractivity contribution in [3.05, 3.63) is 18.2 Å². The maximum Gasteiger partial charge on any atom is 0.326 e. The second kappa shape index (κ2) is 8.56. The Hall–Kier alpha value is -2.58. The first kappa shape index (κ1) is 16.5. The summed E-state index contributed by atoms with van der Waals surface area (Å²) in [5, 5.41) is 14.0. The number of imidazole rings is 1. The van der Waals surface area contributed by atoms with Crippen LogP contribution in [0.2, 0.25) is 0 Å². The minimum atomic E-state index is -1.13. The molecule has 1 atom stereocenters. The third-order valence-electron chi connectivity index (χ3n) is 2.72. The van der Waals surface area contributed by atoms with E-state index < -0.39 is 18.0 Å². The van der Waals surface area contributed by atoms with Gasteiger partial charge in [-0.2, -0.15) is 0 Å². The molecule has 21 heavy (non-hydrogen) atoms. The van der Waals surface area contributed by atoms with E-state index in [9.17, 15) is 14.4 Å². The predicted molar refractivity (Wildman–Crippen MR) is 73.3 cm³/mol. The summed E-state index contributed by atoms with van der Waals surface area (Å²) in [6.45, 7) is 0.343. The highest BCUT2D eigenvalue weighted by Gasteiger charge is 2.20. The number of carbonyl (C=O) groups is 3. The van der Waals surface area contributed by atoms with E-state index in [0.717, 1.165) is 0 Å². The van der Waals surface area contributed by atoms with Crippen LogP contribution >= 0.6 is 0 Å². The fourth-order valence-electron chi connectivity index (χ4n) is 1.65. The van der Waals surface area contributed by atoms with Crippen molar-refractivity contribution < 1.29 is 19.5 Å². The molecule has 1 aromatic heterocycles. The van der Waals surface area contributed by atoms with E-state index in [0.29, 0.717) is 25.1 Å². The van der Waals surface area contributed by atoms with Crippen LogP contribution in [0.15, 0.2) is 12.5 Å². The van der Waals surface area contributed by atoms with Gasteiger partial charge in [-0.15, -0.1) is 0 Å². The lowest BCUT2D eigenvalue weighted by atomic mass is 10.1. The van der Waals surface area contributed by atoms with E-state index >= 15 is 0 Å². The largest absolute Gasteiger partial charge is 0.480 e. The lowest BCUT2D eigenvalue weighted by molar-refractivity contribution is -0.139. The van der Waals surface area contributed by atoms with Crippen LogP contribution in [0.1, 0.15) is 25.0 Å². The van der Waals surface area contributed by atoms with Crippen molar-refractivity contribution in [1.29, 1.82) is 0 Å². The monoisotopic (exact) mass is 297 g/mol. The SMILES string of the molecule is NC(=O)CCCCNC(=O)N[C@@H](Cc1cnc[nH]1)C(=O)O. The van der Waals surface area contributed by atoms with Crippen LogP contribution in [-0.2, 0) is 16.0 Å².